The molecule has 1 amide bonds. The van der Waals surface area contributed by atoms with Crippen molar-refractivity contribution in [2.75, 3.05) is 18.1 Å². The van der Waals surface area contributed by atoms with Crippen molar-refractivity contribution in [2.45, 2.75) is 62.6 Å². The van der Waals surface area contributed by atoms with Crippen molar-refractivity contribution in [3.63, 3.8) is 0 Å². The van der Waals surface area contributed by atoms with Gasteiger partial charge in [-0.25, -0.2) is 0 Å². The number of hydrogen-bond donors (Lipinski definition) is 1. The van der Waals surface area contributed by atoms with E-state index >= 15 is 0 Å². The van der Waals surface area contributed by atoms with E-state index in [1.807, 2.05) is 38.1 Å². The van der Waals surface area contributed by atoms with Crippen molar-refractivity contribution in [3.8, 4) is 11.5 Å². The smallest absolute Gasteiger partial charge is 0.301 e. The van der Waals surface area contributed by atoms with Gasteiger partial charge in [0.15, 0.2) is 4.34 Å². The summed E-state index contributed by atoms with van der Waals surface area (Å²) in [4.78, 5) is 28.7. The first-order chi connectivity index (χ1) is 21.9. The molecule has 45 heavy (non-hydrogen) atoms. The third kappa shape index (κ3) is 7.75. The Morgan fingerprint density at radius 3 is 2.40 bits per heavy atom. The number of rotatable bonds is 14. The van der Waals surface area contributed by atoms with Crippen LogP contribution in [0.2, 0.25) is 0 Å². The number of amides is 1. The number of ketones is 1. The van der Waals surface area contributed by atoms with Crippen LogP contribution in [0.4, 0.5) is 5.13 Å². The maximum Gasteiger partial charge on any atom is 0.301 e. The Morgan fingerprint density at radius 1 is 0.911 bits per heavy atom. The molecule has 1 atom stereocenters. The lowest BCUT2D eigenvalue weighted by Crippen LogP contribution is -2.29. The summed E-state index contributed by atoms with van der Waals surface area (Å²) in [6, 6.07) is 21.5. The second-order valence-electron chi connectivity index (χ2n) is 10.8. The summed E-state index contributed by atoms with van der Waals surface area (Å²) < 4.78 is 12.4. The molecule has 1 unspecified atom stereocenters. The van der Waals surface area contributed by atoms with Gasteiger partial charge in [-0.1, -0.05) is 91.7 Å². The van der Waals surface area contributed by atoms with E-state index in [0.717, 1.165) is 31.2 Å². The van der Waals surface area contributed by atoms with E-state index in [1.54, 1.807) is 24.3 Å². The molecule has 1 N–H and O–H groups in total. The molecule has 5 rings (SSSR count). The number of unbranched alkanes of at least 4 members (excludes halogenated alkanes) is 2. The molecule has 0 spiro atoms. The molecule has 1 fully saturated rings. The highest BCUT2D eigenvalue weighted by atomic mass is 32.2. The molecule has 0 saturated carbocycles. The Kier molecular flexibility index (Phi) is 10.9. The number of aromatic nitrogens is 2. The number of Topliss-reactive ketones (excluding diaryl/α,β-unsaturated/α-hetero) is 1. The summed E-state index contributed by atoms with van der Waals surface area (Å²) in [5.74, 6) is 0.135. The Hall–Kier alpha value is -4.15. The molecule has 4 aromatic rings. The number of hydrogen-bond acceptors (Lipinski definition) is 9. The summed E-state index contributed by atoms with van der Waals surface area (Å²) >= 11 is 2.75. The topological polar surface area (TPSA) is 102 Å². The number of aryl methyl sites for hydroxylation is 1. The van der Waals surface area contributed by atoms with Crippen LogP contribution in [0.25, 0.3) is 5.76 Å². The number of benzene rings is 3. The van der Waals surface area contributed by atoms with Crippen LogP contribution < -0.4 is 14.4 Å². The molecule has 0 aliphatic carbocycles. The fourth-order valence-corrected chi connectivity index (χ4v) is 6.76. The average molecular weight is 644 g/mol. The third-order valence-corrected chi connectivity index (χ3v) is 9.45. The molecule has 1 aliphatic heterocycles. The highest BCUT2D eigenvalue weighted by Gasteiger charge is 2.48. The van der Waals surface area contributed by atoms with E-state index in [4.69, 9.17) is 9.47 Å². The summed E-state index contributed by atoms with van der Waals surface area (Å²) in [7, 11) is 0. The van der Waals surface area contributed by atoms with Crippen molar-refractivity contribution < 1.29 is 24.2 Å². The summed E-state index contributed by atoms with van der Waals surface area (Å²) in [6.07, 6.45) is 3.93. The molecule has 1 saturated heterocycles. The Labute approximate surface area is 272 Å². The van der Waals surface area contributed by atoms with Gasteiger partial charge in [-0.15, -0.1) is 10.2 Å². The highest BCUT2D eigenvalue weighted by molar-refractivity contribution is 8.00. The Bertz CT molecular complexity index is 1650. The fourth-order valence-electron chi connectivity index (χ4n) is 4.93. The zero-order valence-corrected chi connectivity index (χ0v) is 27.3. The van der Waals surface area contributed by atoms with E-state index in [2.05, 4.69) is 41.4 Å². The lowest BCUT2D eigenvalue weighted by molar-refractivity contribution is -0.132. The van der Waals surface area contributed by atoms with Gasteiger partial charge in [-0.2, -0.15) is 0 Å². The number of aliphatic hydroxyl groups excluding tert-OH is 1. The molecule has 0 bridgehead atoms. The molecular weight excluding hydrogens is 607 g/mol. The zero-order chi connectivity index (χ0) is 31.8. The minimum atomic E-state index is -0.928. The molecule has 234 valence electrons. The van der Waals surface area contributed by atoms with Gasteiger partial charge in [0.25, 0.3) is 5.78 Å². The second kappa shape index (κ2) is 15.2. The predicted octanol–water partition coefficient (Wildman–Crippen LogP) is 8.12. The summed E-state index contributed by atoms with van der Waals surface area (Å²) in [5, 5.41) is 20.5. The molecule has 1 aliphatic rings. The standard InChI is InChI=1S/C35H37N3O5S2/c1-4-6-7-20-43-28-10-8-9-26(21-28)30-29(31(39)25-15-17-27(18-16-25)42-19-5-2)32(40)33(41)38(30)34-36-37-35(45-34)44-22-24-13-11-23(3)12-14-24/h8-18,21,30,39H,4-7,19-20,22H2,1-3H3. The van der Waals surface area contributed by atoms with Gasteiger partial charge in [0, 0.05) is 11.3 Å². The maximum atomic E-state index is 13.7. The molecule has 3 aromatic carbocycles. The normalized spacial score (nSPS) is 15.9. The molecular formula is C35H37N3O5S2. The van der Waals surface area contributed by atoms with E-state index < -0.39 is 17.7 Å². The number of ether oxygens (including phenoxy) is 2. The van der Waals surface area contributed by atoms with Crippen LogP contribution in [0.5, 0.6) is 11.5 Å². The largest absolute Gasteiger partial charge is 0.507 e. The SMILES string of the molecule is CCCCCOc1cccc(C2C(=C(O)c3ccc(OCCC)cc3)C(=O)C(=O)N2c2nnc(SCc3ccc(C)cc3)s2)c1. The molecule has 10 heteroatoms. The first-order valence-electron chi connectivity index (χ1n) is 15.2. The van der Waals surface area contributed by atoms with E-state index in [-0.39, 0.29) is 16.5 Å². The summed E-state index contributed by atoms with van der Waals surface area (Å²) in [6.45, 7) is 7.33. The van der Waals surface area contributed by atoms with Crippen molar-refractivity contribution >= 4 is 45.7 Å². The van der Waals surface area contributed by atoms with Gasteiger partial charge in [0.2, 0.25) is 5.13 Å². The van der Waals surface area contributed by atoms with Gasteiger partial charge < -0.3 is 14.6 Å². The van der Waals surface area contributed by atoms with Crippen molar-refractivity contribution in [2.24, 2.45) is 0 Å². The minimum Gasteiger partial charge on any atom is -0.507 e. The lowest BCUT2D eigenvalue weighted by Gasteiger charge is -2.23. The van der Waals surface area contributed by atoms with Crippen LogP contribution in [-0.2, 0) is 15.3 Å². The number of aliphatic hydroxyl groups is 1. The summed E-state index contributed by atoms with van der Waals surface area (Å²) in [5.41, 5.74) is 3.34. The van der Waals surface area contributed by atoms with Gasteiger partial charge in [0.1, 0.15) is 17.3 Å². The quantitative estimate of drug-likeness (QED) is 0.0367. The minimum absolute atomic E-state index is 0.0191. The van der Waals surface area contributed by atoms with Crippen molar-refractivity contribution in [1.29, 1.82) is 0 Å². The monoisotopic (exact) mass is 643 g/mol. The van der Waals surface area contributed by atoms with Crippen LogP contribution in [-0.4, -0.2) is 40.2 Å². The van der Waals surface area contributed by atoms with Gasteiger partial charge >= 0.3 is 5.91 Å². The van der Waals surface area contributed by atoms with Crippen LogP contribution in [0, 0.1) is 6.92 Å². The predicted molar refractivity (Wildman–Crippen MR) is 179 cm³/mol. The van der Waals surface area contributed by atoms with Gasteiger partial charge in [0.05, 0.1) is 24.8 Å². The van der Waals surface area contributed by atoms with E-state index in [0.29, 0.717) is 45.9 Å². The van der Waals surface area contributed by atoms with Crippen LogP contribution >= 0.6 is 23.1 Å². The number of carbonyl (C=O) groups excluding carboxylic acids is 2. The molecule has 8 nitrogen and oxygen atoms in total. The van der Waals surface area contributed by atoms with Crippen LogP contribution in [0.15, 0.2) is 82.7 Å². The van der Waals surface area contributed by atoms with E-state index in [9.17, 15) is 14.7 Å². The first-order valence-corrected chi connectivity index (χ1v) is 17.0. The van der Waals surface area contributed by atoms with Crippen molar-refractivity contribution in [1.82, 2.24) is 10.2 Å². The third-order valence-electron chi connectivity index (χ3n) is 7.32. The number of carbonyl (C=O) groups is 2. The van der Waals surface area contributed by atoms with Crippen molar-refractivity contribution in [3.05, 3.63) is 101 Å². The molecule has 2 heterocycles. The van der Waals surface area contributed by atoms with Crippen LogP contribution in [0.3, 0.4) is 0 Å². The zero-order valence-electron chi connectivity index (χ0n) is 25.7. The van der Waals surface area contributed by atoms with Gasteiger partial charge in [-0.3, -0.25) is 14.5 Å². The molecule has 1 aromatic heterocycles. The van der Waals surface area contributed by atoms with Crippen LogP contribution in [0.1, 0.15) is 67.8 Å². The Morgan fingerprint density at radius 2 is 1.67 bits per heavy atom. The highest BCUT2D eigenvalue weighted by Crippen LogP contribution is 2.44. The first kappa shape index (κ1) is 32.2. The number of thioether (sulfide) groups is 1. The maximum absolute atomic E-state index is 13.7. The van der Waals surface area contributed by atoms with Gasteiger partial charge in [-0.05, 0) is 67.3 Å². The average Bonchev–Trinajstić information content (AvgIpc) is 3.63. The fraction of sp³-hybridized carbons (Fsp3) is 0.314. The number of anilines is 1. The number of nitrogens with zero attached hydrogens (tertiary/aromatic N) is 3. The van der Waals surface area contributed by atoms with E-state index in [1.165, 1.54) is 33.6 Å². The lowest BCUT2D eigenvalue weighted by atomic mass is 9.95. The molecule has 0 radical (unpaired) electrons. The second-order valence-corrected chi connectivity index (χ2v) is 13.0. The Balaban J connectivity index is 1.50.